The Morgan fingerprint density at radius 2 is 1.92 bits per heavy atom. The average molecular weight is 384 g/mol. The van der Waals surface area contributed by atoms with E-state index in [0.717, 1.165) is 0 Å². The van der Waals surface area contributed by atoms with Gasteiger partial charge in [-0.15, -0.1) is 0 Å². The molecule has 0 aromatic heterocycles. The molecule has 26 heavy (non-hydrogen) atoms. The molecule has 1 saturated heterocycles. The Labute approximate surface area is 153 Å². The van der Waals surface area contributed by atoms with E-state index in [1.165, 1.54) is 11.4 Å². The van der Waals surface area contributed by atoms with Crippen LogP contribution in [-0.4, -0.2) is 64.4 Å². The standard InChI is InChI=1S/C17H24N2O6S/c1-23-10-11-26(21,22)19-6-4-13(5-7-19)17(20)18-14-2-3-15-16(12-14)25-9-8-24-15/h2-3,12-13H,4-11H2,1H3,(H,18,20). The zero-order valence-electron chi connectivity index (χ0n) is 14.8. The van der Waals surface area contributed by atoms with Gasteiger partial charge in [-0.3, -0.25) is 4.79 Å². The largest absolute Gasteiger partial charge is 0.486 e. The summed E-state index contributed by atoms with van der Waals surface area (Å²) in [5.41, 5.74) is 0.648. The first-order valence-corrected chi connectivity index (χ1v) is 10.3. The third-order valence-corrected chi connectivity index (χ3v) is 6.41. The molecular weight excluding hydrogens is 360 g/mol. The number of piperidine rings is 1. The van der Waals surface area contributed by atoms with E-state index in [1.807, 2.05) is 0 Å². The number of fused-ring (bicyclic) bond motifs is 1. The Hall–Kier alpha value is -1.84. The zero-order valence-corrected chi connectivity index (χ0v) is 15.6. The SMILES string of the molecule is COCCS(=O)(=O)N1CCC(C(=O)Nc2ccc3c(c2)OCCO3)CC1. The number of nitrogens with one attached hydrogen (secondary N) is 1. The molecule has 0 atom stereocenters. The lowest BCUT2D eigenvalue weighted by Crippen LogP contribution is -2.42. The third-order valence-electron chi connectivity index (χ3n) is 4.57. The van der Waals surface area contributed by atoms with Gasteiger partial charge in [-0.05, 0) is 25.0 Å². The fourth-order valence-corrected chi connectivity index (χ4v) is 4.48. The number of nitrogens with zero attached hydrogens (tertiary/aromatic N) is 1. The Balaban J connectivity index is 1.54. The molecule has 0 radical (unpaired) electrons. The van der Waals surface area contributed by atoms with Crippen LogP contribution >= 0.6 is 0 Å². The van der Waals surface area contributed by atoms with Crippen molar-refractivity contribution in [3.8, 4) is 11.5 Å². The van der Waals surface area contributed by atoms with Crippen LogP contribution in [0, 0.1) is 5.92 Å². The van der Waals surface area contributed by atoms with E-state index in [-0.39, 0.29) is 24.2 Å². The Bertz CT molecular complexity index is 744. The highest BCUT2D eigenvalue weighted by atomic mass is 32.2. The first kappa shape index (κ1) is 18.9. The molecule has 0 aliphatic carbocycles. The number of hydrogen-bond acceptors (Lipinski definition) is 6. The second kappa shape index (κ2) is 8.24. The summed E-state index contributed by atoms with van der Waals surface area (Å²) >= 11 is 0. The van der Waals surface area contributed by atoms with Crippen LogP contribution in [0.5, 0.6) is 11.5 Å². The van der Waals surface area contributed by atoms with Crippen molar-refractivity contribution in [3.05, 3.63) is 18.2 Å². The van der Waals surface area contributed by atoms with Crippen LogP contribution in [0.25, 0.3) is 0 Å². The van der Waals surface area contributed by atoms with E-state index in [9.17, 15) is 13.2 Å². The first-order valence-electron chi connectivity index (χ1n) is 8.67. The molecule has 8 nitrogen and oxygen atoms in total. The van der Waals surface area contributed by atoms with E-state index in [4.69, 9.17) is 14.2 Å². The molecule has 1 aromatic carbocycles. The summed E-state index contributed by atoms with van der Waals surface area (Å²) in [4.78, 5) is 12.5. The third kappa shape index (κ3) is 4.46. The van der Waals surface area contributed by atoms with Gasteiger partial charge in [0.05, 0.1) is 12.4 Å². The van der Waals surface area contributed by atoms with Crippen molar-refractivity contribution in [2.24, 2.45) is 5.92 Å². The lowest BCUT2D eigenvalue weighted by atomic mass is 9.97. The van der Waals surface area contributed by atoms with Crippen LogP contribution in [0.3, 0.4) is 0 Å². The molecule has 2 aliphatic rings. The van der Waals surface area contributed by atoms with Crippen molar-refractivity contribution in [3.63, 3.8) is 0 Å². The van der Waals surface area contributed by atoms with Crippen LogP contribution in [0.4, 0.5) is 5.69 Å². The minimum absolute atomic E-state index is 0.0302. The summed E-state index contributed by atoms with van der Waals surface area (Å²) < 4.78 is 41.6. The van der Waals surface area contributed by atoms with Crippen LogP contribution in [-0.2, 0) is 19.6 Å². The molecule has 3 rings (SSSR count). The van der Waals surface area contributed by atoms with Gasteiger partial charge in [0, 0.05) is 37.9 Å². The van der Waals surface area contributed by atoms with Gasteiger partial charge < -0.3 is 19.5 Å². The second-order valence-electron chi connectivity index (χ2n) is 6.33. The number of sulfonamides is 1. The number of amides is 1. The van der Waals surface area contributed by atoms with Crippen molar-refractivity contribution < 1.29 is 27.4 Å². The predicted octanol–water partition coefficient (Wildman–Crippen LogP) is 1.08. The van der Waals surface area contributed by atoms with Gasteiger partial charge in [0.15, 0.2) is 11.5 Å². The molecule has 0 saturated carbocycles. The Morgan fingerprint density at radius 3 is 2.62 bits per heavy atom. The molecular formula is C17H24N2O6S. The van der Waals surface area contributed by atoms with Crippen molar-refractivity contribution in [2.45, 2.75) is 12.8 Å². The highest BCUT2D eigenvalue weighted by molar-refractivity contribution is 7.89. The van der Waals surface area contributed by atoms with Crippen LogP contribution in [0.2, 0.25) is 0 Å². The van der Waals surface area contributed by atoms with Gasteiger partial charge in [-0.1, -0.05) is 0 Å². The number of carbonyl (C=O) groups excluding carboxylic acids is 1. The minimum Gasteiger partial charge on any atom is -0.486 e. The molecule has 9 heteroatoms. The van der Waals surface area contributed by atoms with Crippen molar-refractivity contribution in [1.82, 2.24) is 4.31 Å². The van der Waals surface area contributed by atoms with Gasteiger partial charge in [-0.25, -0.2) is 12.7 Å². The maximum atomic E-state index is 12.5. The number of methoxy groups -OCH3 is 1. The maximum Gasteiger partial charge on any atom is 0.227 e. The molecule has 0 bridgehead atoms. The molecule has 1 fully saturated rings. The van der Waals surface area contributed by atoms with Gasteiger partial charge in [0.2, 0.25) is 15.9 Å². The van der Waals surface area contributed by atoms with Crippen molar-refractivity contribution >= 4 is 21.6 Å². The second-order valence-corrected chi connectivity index (χ2v) is 8.42. The molecule has 1 aromatic rings. The van der Waals surface area contributed by atoms with Gasteiger partial charge in [0.25, 0.3) is 0 Å². The van der Waals surface area contributed by atoms with E-state index < -0.39 is 10.0 Å². The fourth-order valence-electron chi connectivity index (χ4n) is 3.08. The van der Waals surface area contributed by atoms with E-state index in [2.05, 4.69) is 5.32 Å². The number of carbonyl (C=O) groups is 1. The van der Waals surface area contributed by atoms with Crippen LogP contribution < -0.4 is 14.8 Å². The normalized spacial score (nSPS) is 18.5. The number of anilines is 1. The van der Waals surface area contributed by atoms with Crippen LogP contribution in [0.1, 0.15) is 12.8 Å². The first-order chi connectivity index (χ1) is 12.5. The van der Waals surface area contributed by atoms with Gasteiger partial charge >= 0.3 is 0 Å². The minimum atomic E-state index is -3.32. The van der Waals surface area contributed by atoms with Crippen molar-refractivity contribution in [2.75, 3.05) is 51.1 Å². The molecule has 2 heterocycles. The lowest BCUT2D eigenvalue weighted by molar-refractivity contribution is -0.120. The summed E-state index contributed by atoms with van der Waals surface area (Å²) in [7, 11) is -1.84. The summed E-state index contributed by atoms with van der Waals surface area (Å²) in [6.07, 6.45) is 1.01. The molecule has 144 valence electrons. The highest BCUT2D eigenvalue weighted by Crippen LogP contribution is 2.33. The topological polar surface area (TPSA) is 94.2 Å². The van der Waals surface area contributed by atoms with Crippen LogP contribution in [0.15, 0.2) is 18.2 Å². The Morgan fingerprint density at radius 1 is 1.23 bits per heavy atom. The number of benzene rings is 1. The summed E-state index contributed by atoms with van der Waals surface area (Å²) in [5.74, 6) is 0.946. The van der Waals surface area contributed by atoms with Crippen molar-refractivity contribution in [1.29, 1.82) is 0 Å². The van der Waals surface area contributed by atoms with Gasteiger partial charge in [-0.2, -0.15) is 0 Å². The average Bonchev–Trinajstić information content (AvgIpc) is 2.66. The lowest BCUT2D eigenvalue weighted by Gasteiger charge is -2.30. The van der Waals surface area contributed by atoms with E-state index in [1.54, 1.807) is 18.2 Å². The Kier molecular flexibility index (Phi) is 6.00. The molecule has 2 aliphatic heterocycles. The summed E-state index contributed by atoms with van der Waals surface area (Å²) in [5, 5.41) is 2.89. The maximum absolute atomic E-state index is 12.5. The number of rotatable bonds is 6. The number of hydrogen-bond donors (Lipinski definition) is 1. The van der Waals surface area contributed by atoms with E-state index in [0.29, 0.717) is 56.3 Å². The zero-order chi connectivity index (χ0) is 18.6. The molecule has 1 N–H and O–H groups in total. The molecule has 0 unspecified atom stereocenters. The number of ether oxygens (including phenoxy) is 3. The van der Waals surface area contributed by atoms with Gasteiger partial charge in [0.1, 0.15) is 13.2 Å². The fraction of sp³-hybridized carbons (Fsp3) is 0.588. The highest BCUT2D eigenvalue weighted by Gasteiger charge is 2.31. The molecule has 1 amide bonds. The van der Waals surface area contributed by atoms with E-state index >= 15 is 0 Å². The molecule has 0 spiro atoms. The quantitative estimate of drug-likeness (QED) is 0.789. The monoisotopic (exact) mass is 384 g/mol. The summed E-state index contributed by atoms with van der Waals surface area (Å²) in [6.45, 7) is 1.88. The predicted molar refractivity (Wildman–Crippen MR) is 96.0 cm³/mol. The summed E-state index contributed by atoms with van der Waals surface area (Å²) in [6, 6.07) is 5.29. The smallest absolute Gasteiger partial charge is 0.227 e.